The highest BCUT2D eigenvalue weighted by Crippen LogP contribution is 2.14. The maximum absolute atomic E-state index is 13.2. The lowest BCUT2D eigenvalue weighted by Crippen LogP contribution is -2.39. The molecule has 0 saturated heterocycles. The molecule has 0 fully saturated rings. The number of nitrogens with zero attached hydrogens (tertiary/aromatic N) is 4. The van der Waals surface area contributed by atoms with Gasteiger partial charge in [0.15, 0.2) is 0 Å². The average Bonchev–Trinajstić information content (AvgIpc) is 2.88. The van der Waals surface area contributed by atoms with Crippen molar-refractivity contribution in [1.29, 1.82) is 0 Å². The largest absolute Gasteiger partial charge is 0.497 e. The van der Waals surface area contributed by atoms with Crippen molar-refractivity contribution in [1.82, 2.24) is 24.4 Å². The van der Waals surface area contributed by atoms with Crippen LogP contribution in [0.1, 0.15) is 21.6 Å². The highest BCUT2D eigenvalue weighted by molar-refractivity contribution is 5.95. The fraction of sp³-hybridized carbons (Fsp3) is 0.208. The number of carbonyl (C=O) groups is 1. The van der Waals surface area contributed by atoms with Crippen LogP contribution in [-0.4, -0.2) is 39.2 Å². The smallest absolute Gasteiger partial charge is 0.331 e. The van der Waals surface area contributed by atoms with Crippen LogP contribution in [0.3, 0.4) is 0 Å². The zero-order valence-corrected chi connectivity index (χ0v) is 19.0. The number of aromatic nitrogens is 4. The Morgan fingerprint density at radius 2 is 1.91 bits per heavy atom. The van der Waals surface area contributed by atoms with E-state index < -0.39 is 17.2 Å². The molecule has 174 valence electrons. The van der Waals surface area contributed by atoms with Crippen molar-refractivity contribution >= 4 is 22.6 Å². The van der Waals surface area contributed by atoms with Gasteiger partial charge < -0.3 is 15.4 Å². The van der Waals surface area contributed by atoms with E-state index in [1.54, 1.807) is 51.7 Å². The second-order valence-corrected chi connectivity index (χ2v) is 7.65. The highest BCUT2D eigenvalue weighted by atomic mass is 16.5. The lowest BCUT2D eigenvalue weighted by Gasteiger charge is -2.12. The molecule has 1 aromatic carbocycles. The Morgan fingerprint density at radius 3 is 2.68 bits per heavy atom. The Morgan fingerprint density at radius 1 is 1.09 bits per heavy atom. The molecule has 3 heterocycles. The summed E-state index contributed by atoms with van der Waals surface area (Å²) in [4.78, 5) is 47.1. The molecule has 3 aromatic heterocycles. The van der Waals surface area contributed by atoms with Crippen LogP contribution in [0, 0.1) is 0 Å². The molecule has 1 amide bonds. The fourth-order valence-electron chi connectivity index (χ4n) is 3.61. The minimum absolute atomic E-state index is 0.0678. The summed E-state index contributed by atoms with van der Waals surface area (Å²) >= 11 is 0. The first-order valence-corrected chi connectivity index (χ1v) is 10.5. The first kappa shape index (κ1) is 22.7. The monoisotopic (exact) mass is 460 g/mol. The molecule has 0 spiro atoms. The summed E-state index contributed by atoms with van der Waals surface area (Å²) in [5, 5.41) is 5.97. The number of hydrogen-bond acceptors (Lipinski definition) is 7. The molecule has 0 unspecified atom stereocenters. The van der Waals surface area contributed by atoms with E-state index in [9.17, 15) is 14.4 Å². The summed E-state index contributed by atoms with van der Waals surface area (Å²) in [6.45, 7) is 0.335. The molecule has 34 heavy (non-hydrogen) atoms. The normalized spacial score (nSPS) is 10.8. The summed E-state index contributed by atoms with van der Waals surface area (Å²) in [6.07, 6.45) is 3.02. The van der Waals surface area contributed by atoms with Gasteiger partial charge in [-0.15, -0.1) is 0 Å². The summed E-state index contributed by atoms with van der Waals surface area (Å²) in [6, 6.07) is 12.2. The maximum Gasteiger partial charge on any atom is 0.331 e. The van der Waals surface area contributed by atoms with Gasteiger partial charge in [0.2, 0.25) is 0 Å². The van der Waals surface area contributed by atoms with E-state index in [1.807, 2.05) is 12.1 Å². The van der Waals surface area contributed by atoms with E-state index >= 15 is 0 Å². The van der Waals surface area contributed by atoms with Gasteiger partial charge in [-0.1, -0.05) is 12.1 Å². The van der Waals surface area contributed by atoms with Gasteiger partial charge in [0, 0.05) is 26.8 Å². The number of hydrogen-bond donors (Lipinski definition) is 2. The van der Waals surface area contributed by atoms with Gasteiger partial charge in [0.25, 0.3) is 11.5 Å². The molecule has 0 aliphatic carbocycles. The molecule has 10 nitrogen and oxygen atoms in total. The van der Waals surface area contributed by atoms with Crippen LogP contribution in [0.5, 0.6) is 5.75 Å². The van der Waals surface area contributed by atoms with Crippen LogP contribution in [0.2, 0.25) is 0 Å². The molecular weight excluding hydrogens is 436 g/mol. The predicted octanol–water partition coefficient (Wildman–Crippen LogP) is 1.52. The summed E-state index contributed by atoms with van der Waals surface area (Å²) < 4.78 is 7.71. The van der Waals surface area contributed by atoms with E-state index in [1.165, 1.54) is 16.8 Å². The number of anilines is 1. The number of nitrogens with one attached hydrogen (secondary N) is 2. The number of fused-ring (bicyclic) bond motifs is 1. The van der Waals surface area contributed by atoms with Gasteiger partial charge >= 0.3 is 5.69 Å². The molecule has 0 atom stereocenters. The predicted molar refractivity (Wildman–Crippen MR) is 128 cm³/mol. The van der Waals surface area contributed by atoms with Gasteiger partial charge in [-0.05, 0) is 41.5 Å². The minimum Gasteiger partial charge on any atom is -0.497 e. The van der Waals surface area contributed by atoms with Gasteiger partial charge in [0.05, 0.1) is 30.8 Å². The molecule has 0 saturated carbocycles. The van der Waals surface area contributed by atoms with Gasteiger partial charge in [-0.3, -0.25) is 18.7 Å². The van der Waals surface area contributed by atoms with Crippen molar-refractivity contribution < 1.29 is 9.53 Å². The lowest BCUT2D eigenvalue weighted by molar-refractivity contribution is 0.0946. The second kappa shape index (κ2) is 9.57. The average molecular weight is 460 g/mol. The number of methoxy groups -OCH3 is 1. The number of pyridine rings is 2. The Kier molecular flexibility index (Phi) is 6.39. The SMILES string of the molecule is CNc1cc(CNC(=O)c2cc3c(=O)n(Cc4cccc(OC)c4)c(=O)n(C)c3cn2)ccn1. The van der Waals surface area contributed by atoms with Crippen LogP contribution in [0.4, 0.5) is 5.82 Å². The van der Waals surface area contributed by atoms with Crippen LogP contribution in [0.25, 0.3) is 10.9 Å². The molecule has 0 aliphatic heterocycles. The number of rotatable bonds is 7. The fourth-order valence-corrected chi connectivity index (χ4v) is 3.61. The van der Waals surface area contributed by atoms with Gasteiger partial charge in [0.1, 0.15) is 17.3 Å². The second-order valence-electron chi connectivity index (χ2n) is 7.65. The van der Waals surface area contributed by atoms with Crippen LogP contribution < -0.4 is 26.6 Å². The summed E-state index contributed by atoms with van der Waals surface area (Å²) in [5.41, 5.74) is 1.06. The number of benzene rings is 1. The van der Waals surface area contributed by atoms with Crippen molar-refractivity contribution in [3.05, 3.63) is 92.5 Å². The summed E-state index contributed by atoms with van der Waals surface area (Å²) in [7, 11) is 4.88. The Balaban J connectivity index is 1.66. The first-order valence-electron chi connectivity index (χ1n) is 10.5. The van der Waals surface area contributed by atoms with E-state index in [2.05, 4.69) is 20.6 Å². The maximum atomic E-state index is 13.2. The van der Waals surface area contributed by atoms with E-state index in [0.717, 1.165) is 15.7 Å². The van der Waals surface area contributed by atoms with Gasteiger partial charge in [-0.25, -0.2) is 14.8 Å². The number of ether oxygens (including phenoxy) is 1. The highest BCUT2D eigenvalue weighted by Gasteiger charge is 2.15. The standard InChI is InChI=1S/C24H24N6O4/c1-25-21-10-15(7-8-26-21)12-28-22(31)19-11-18-20(13-27-19)29(2)24(33)30(23(18)32)14-16-5-4-6-17(9-16)34-3/h4-11,13H,12,14H2,1-3H3,(H,25,26)(H,28,31). The summed E-state index contributed by atoms with van der Waals surface area (Å²) in [5.74, 6) is 0.882. The van der Waals surface area contributed by atoms with E-state index in [4.69, 9.17) is 4.74 Å². The first-order chi connectivity index (χ1) is 16.4. The molecule has 0 bridgehead atoms. The van der Waals surface area contributed by atoms with Gasteiger partial charge in [-0.2, -0.15) is 0 Å². The quantitative estimate of drug-likeness (QED) is 0.429. The number of amides is 1. The third kappa shape index (κ3) is 4.51. The molecule has 0 radical (unpaired) electrons. The molecule has 4 rings (SSSR count). The molecule has 10 heteroatoms. The van der Waals surface area contributed by atoms with Crippen molar-refractivity contribution in [2.75, 3.05) is 19.5 Å². The lowest BCUT2D eigenvalue weighted by atomic mass is 10.2. The van der Waals surface area contributed by atoms with Crippen molar-refractivity contribution in [2.24, 2.45) is 7.05 Å². The third-order valence-corrected chi connectivity index (χ3v) is 5.48. The number of aryl methyl sites for hydroxylation is 1. The van der Waals surface area contributed by atoms with Crippen LogP contribution in [-0.2, 0) is 20.1 Å². The minimum atomic E-state index is -0.495. The van der Waals surface area contributed by atoms with Crippen LogP contribution in [0.15, 0.2) is 64.4 Å². The Bertz CT molecular complexity index is 1490. The van der Waals surface area contributed by atoms with E-state index in [0.29, 0.717) is 17.1 Å². The third-order valence-electron chi connectivity index (χ3n) is 5.48. The molecule has 0 aliphatic rings. The Hall–Kier alpha value is -4.47. The van der Waals surface area contributed by atoms with Crippen LogP contribution >= 0.6 is 0 Å². The molecule has 2 N–H and O–H groups in total. The van der Waals surface area contributed by atoms with E-state index in [-0.39, 0.29) is 24.2 Å². The Labute approximate surface area is 194 Å². The molecular formula is C24H24N6O4. The zero-order valence-electron chi connectivity index (χ0n) is 19.0. The topological polar surface area (TPSA) is 120 Å². The molecule has 4 aromatic rings. The number of carbonyl (C=O) groups excluding carboxylic acids is 1. The van der Waals surface area contributed by atoms with Crippen molar-refractivity contribution in [3.8, 4) is 5.75 Å². The van der Waals surface area contributed by atoms with Crippen molar-refractivity contribution in [2.45, 2.75) is 13.1 Å². The van der Waals surface area contributed by atoms with Crippen molar-refractivity contribution in [3.63, 3.8) is 0 Å². The zero-order chi connectivity index (χ0) is 24.2.